The predicted octanol–water partition coefficient (Wildman–Crippen LogP) is 7.85. The monoisotopic (exact) mass is 570 g/mol. The van der Waals surface area contributed by atoms with Gasteiger partial charge in [-0.1, -0.05) is 70.5 Å². The van der Waals surface area contributed by atoms with Gasteiger partial charge in [-0.15, -0.1) is 0 Å². The highest BCUT2D eigenvalue weighted by molar-refractivity contribution is 9.10. The van der Waals surface area contributed by atoms with Gasteiger partial charge in [0, 0.05) is 4.47 Å². The van der Waals surface area contributed by atoms with Crippen molar-refractivity contribution in [2.24, 2.45) is 4.99 Å². The summed E-state index contributed by atoms with van der Waals surface area (Å²) in [5.74, 6) is 1.11. The van der Waals surface area contributed by atoms with Crippen LogP contribution >= 0.6 is 27.7 Å². The molecular formula is C30H23BrN2O3S. The molecule has 4 aromatic rings. The normalized spacial score (nSPS) is 15.4. The molecule has 0 atom stereocenters. The first-order valence-electron chi connectivity index (χ1n) is 11.6. The molecule has 0 aromatic heterocycles. The van der Waals surface area contributed by atoms with Gasteiger partial charge in [0.15, 0.2) is 16.7 Å². The number of nitrogens with zero attached hydrogens (tertiary/aromatic N) is 2. The van der Waals surface area contributed by atoms with Crippen molar-refractivity contribution in [1.29, 1.82) is 0 Å². The summed E-state index contributed by atoms with van der Waals surface area (Å²) in [5, 5.41) is 0.607. The average Bonchev–Trinajstić information content (AvgIpc) is 3.23. The molecular weight excluding hydrogens is 548 g/mol. The number of amidine groups is 1. The van der Waals surface area contributed by atoms with Gasteiger partial charge in [-0.2, -0.15) is 0 Å². The smallest absolute Gasteiger partial charge is 0.271 e. The van der Waals surface area contributed by atoms with E-state index >= 15 is 0 Å². The summed E-state index contributed by atoms with van der Waals surface area (Å²) >= 11 is 4.80. The van der Waals surface area contributed by atoms with Crippen molar-refractivity contribution in [3.05, 3.63) is 124 Å². The fourth-order valence-corrected chi connectivity index (χ4v) is 5.02. The van der Waals surface area contributed by atoms with Gasteiger partial charge in [0.05, 0.1) is 23.4 Å². The van der Waals surface area contributed by atoms with Gasteiger partial charge in [-0.25, -0.2) is 4.99 Å². The molecule has 184 valence electrons. The molecule has 0 radical (unpaired) electrons. The molecule has 7 heteroatoms. The van der Waals surface area contributed by atoms with Crippen molar-refractivity contribution >= 4 is 56.2 Å². The number of halogens is 1. The number of hydrogen-bond donors (Lipinski definition) is 0. The van der Waals surface area contributed by atoms with Crippen molar-refractivity contribution in [2.75, 3.05) is 12.0 Å². The molecule has 1 aliphatic rings. The number of thioether (sulfide) groups is 1. The van der Waals surface area contributed by atoms with Crippen molar-refractivity contribution in [1.82, 2.24) is 0 Å². The Balaban J connectivity index is 1.42. The number of hydrogen-bond acceptors (Lipinski definition) is 5. The molecule has 0 bridgehead atoms. The second kappa shape index (κ2) is 11.5. The minimum atomic E-state index is -0.125. The summed E-state index contributed by atoms with van der Waals surface area (Å²) in [5.41, 5.74) is 3.44. The Hall–Kier alpha value is -3.81. The Bertz CT molecular complexity index is 1460. The van der Waals surface area contributed by atoms with Crippen LogP contribution < -0.4 is 14.4 Å². The van der Waals surface area contributed by atoms with Crippen LogP contribution in [0.25, 0.3) is 6.08 Å². The third-order valence-corrected chi connectivity index (χ3v) is 7.09. The van der Waals surface area contributed by atoms with Gasteiger partial charge >= 0.3 is 0 Å². The molecule has 1 amide bonds. The van der Waals surface area contributed by atoms with Crippen LogP contribution in [0.4, 0.5) is 11.4 Å². The van der Waals surface area contributed by atoms with Crippen molar-refractivity contribution in [3.63, 3.8) is 0 Å². The SMILES string of the molecule is COc1cc(/C=C2\SC(=Nc3ccccc3)N(c3ccccc3)C2=O)ccc1OCc1ccc(Br)cc1. The first-order chi connectivity index (χ1) is 18.1. The second-order valence-electron chi connectivity index (χ2n) is 8.14. The van der Waals surface area contributed by atoms with Crippen LogP contribution in [0.5, 0.6) is 11.5 Å². The van der Waals surface area contributed by atoms with E-state index in [0.29, 0.717) is 28.2 Å². The summed E-state index contributed by atoms with van der Waals surface area (Å²) in [7, 11) is 1.61. The molecule has 1 fully saturated rings. The Kier molecular flexibility index (Phi) is 7.73. The third kappa shape index (κ3) is 5.96. The van der Waals surface area contributed by atoms with E-state index in [2.05, 4.69) is 15.9 Å². The lowest BCUT2D eigenvalue weighted by molar-refractivity contribution is -0.113. The zero-order chi connectivity index (χ0) is 25.6. The minimum Gasteiger partial charge on any atom is -0.493 e. The topological polar surface area (TPSA) is 51.1 Å². The maximum Gasteiger partial charge on any atom is 0.271 e. The third-order valence-electron chi connectivity index (χ3n) is 5.59. The summed E-state index contributed by atoms with van der Waals surface area (Å²) < 4.78 is 12.6. The number of rotatable bonds is 7. The van der Waals surface area contributed by atoms with Crippen LogP contribution in [0.1, 0.15) is 11.1 Å². The largest absolute Gasteiger partial charge is 0.493 e. The molecule has 0 saturated carbocycles. The Morgan fingerprint density at radius 1 is 0.892 bits per heavy atom. The highest BCUT2D eigenvalue weighted by Crippen LogP contribution is 2.38. The standard InChI is InChI=1S/C30H23BrN2O3S/c1-35-27-18-22(14-17-26(27)36-20-21-12-15-23(31)16-13-21)19-28-29(34)33(25-10-6-3-7-11-25)30(37-28)32-24-8-4-2-5-9-24/h2-19H,20H2,1H3/b28-19-,32-30?. The summed E-state index contributed by atoms with van der Waals surface area (Å²) in [6.07, 6.45) is 1.86. The molecule has 0 unspecified atom stereocenters. The molecule has 5 nitrogen and oxygen atoms in total. The Morgan fingerprint density at radius 2 is 1.59 bits per heavy atom. The van der Waals surface area contributed by atoms with E-state index in [1.807, 2.05) is 109 Å². The van der Waals surface area contributed by atoms with Crippen LogP contribution in [0.2, 0.25) is 0 Å². The van der Waals surface area contributed by atoms with Crippen LogP contribution in [0.3, 0.4) is 0 Å². The predicted molar refractivity (Wildman–Crippen MR) is 155 cm³/mol. The van der Waals surface area contributed by atoms with Gasteiger partial charge < -0.3 is 9.47 Å². The fourth-order valence-electron chi connectivity index (χ4n) is 3.75. The minimum absolute atomic E-state index is 0.125. The fraction of sp³-hybridized carbons (Fsp3) is 0.0667. The zero-order valence-electron chi connectivity index (χ0n) is 20.0. The van der Waals surface area contributed by atoms with Crippen LogP contribution in [0.15, 0.2) is 117 Å². The molecule has 37 heavy (non-hydrogen) atoms. The van der Waals surface area contributed by atoms with E-state index in [1.165, 1.54) is 11.8 Å². The second-order valence-corrected chi connectivity index (χ2v) is 10.1. The quantitative estimate of drug-likeness (QED) is 0.212. The summed E-state index contributed by atoms with van der Waals surface area (Å²) in [6.45, 7) is 0.420. The first kappa shape index (κ1) is 24.9. The lowest BCUT2D eigenvalue weighted by Gasteiger charge is -2.15. The van der Waals surface area contributed by atoms with Gasteiger partial charge in [-0.05, 0) is 77.5 Å². The van der Waals surface area contributed by atoms with Crippen molar-refractivity contribution in [2.45, 2.75) is 6.61 Å². The molecule has 1 saturated heterocycles. The molecule has 0 aliphatic carbocycles. The van der Waals surface area contributed by atoms with E-state index < -0.39 is 0 Å². The number of aliphatic imine (C=N–C) groups is 1. The molecule has 4 aromatic carbocycles. The first-order valence-corrected chi connectivity index (χ1v) is 13.2. The van der Waals surface area contributed by atoms with Crippen LogP contribution in [-0.2, 0) is 11.4 Å². The number of para-hydroxylation sites is 2. The van der Waals surface area contributed by atoms with E-state index in [4.69, 9.17) is 14.5 Å². The maximum absolute atomic E-state index is 13.5. The molecule has 1 aliphatic heterocycles. The Morgan fingerprint density at radius 3 is 2.30 bits per heavy atom. The van der Waals surface area contributed by atoms with Crippen LogP contribution in [0, 0.1) is 0 Å². The lowest BCUT2D eigenvalue weighted by Crippen LogP contribution is -2.28. The van der Waals surface area contributed by atoms with Crippen molar-refractivity contribution < 1.29 is 14.3 Å². The van der Waals surface area contributed by atoms with Gasteiger partial charge in [0.1, 0.15) is 6.61 Å². The summed E-state index contributed by atoms with van der Waals surface area (Å²) in [4.78, 5) is 20.5. The highest BCUT2D eigenvalue weighted by atomic mass is 79.9. The molecule has 0 spiro atoms. The lowest BCUT2D eigenvalue weighted by atomic mass is 10.1. The van der Waals surface area contributed by atoms with Gasteiger partial charge in [0.2, 0.25) is 0 Å². The van der Waals surface area contributed by atoms with Crippen molar-refractivity contribution in [3.8, 4) is 11.5 Å². The Labute approximate surface area is 228 Å². The van der Waals surface area contributed by atoms with E-state index in [1.54, 1.807) is 12.0 Å². The number of carbonyl (C=O) groups excluding carboxylic acids is 1. The number of anilines is 1. The maximum atomic E-state index is 13.5. The number of amides is 1. The zero-order valence-corrected chi connectivity index (χ0v) is 22.4. The van der Waals surface area contributed by atoms with E-state index in [-0.39, 0.29) is 5.91 Å². The number of carbonyl (C=O) groups is 1. The number of methoxy groups -OCH3 is 1. The van der Waals surface area contributed by atoms with Crippen LogP contribution in [-0.4, -0.2) is 18.2 Å². The molecule has 0 N–H and O–H groups in total. The molecule has 5 rings (SSSR count). The summed E-state index contributed by atoms with van der Waals surface area (Å²) in [6, 6.07) is 32.8. The van der Waals surface area contributed by atoms with Gasteiger partial charge in [-0.3, -0.25) is 9.69 Å². The highest BCUT2D eigenvalue weighted by Gasteiger charge is 2.34. The molecule has 1 heterocycles. The number of benzene rings is 4. The van der Waals surface area contributed by atoms with Gasteiger partial charge in [0.25, 0.3) is 5.91 Å². The van der Waals surface area contributed by atoms with E-state index in [9.17, 15) is 4.79 Å². The number of ether oxygens (including phenoxy) is 2. The van der Waals surface area contributed by atoms with E-state index in [0.717, 1.165) is 27.0 Å². The average molecular weight is 571 g/mol.